The van der Waals surface area contributed by atoms with Crippen LogP contribution in [0.3, 0.4) is 0 Å². The van der Waals surface area contributed by atoms with Crippen LogP contribution < -0.4 is 10.3 Å². The van der Waals surface area contributed by atoms with Gasteiger partial charge in [-0.25, -0.2) is 14.6 Å². The summed E-state index contributed by atoms with van der Waals surface area (Å²) in [5.41, 5.74) is 4.08. The van der Waals surface area contributed by atoms with E-state index in [1.165, 1.54) is 4.90 Å². The topological polar surface area (TPSA) is 114 Å². The van der Waals surface area contributed by atoms with Crippen LogP contribution in [-0.2, 0) is 29.1 Å². The molecule has 0 fully saturated rings. The highest BCUT2D eigenvalue weighted by Gasteiger charge is 2.34. The summed E-state index contributed by atoms with van der Waals surface area (Å²) in [5, 5.41) is 11.2. The Bertz CT molecular complexity index is 1460. The maximum atomic E-state index is 13.2. The average molecular weight is 523 g/mol. The molecular formula is C28H34N4O6. The van der Waals surface area contributed by atoms with Gasteiger partial charge in [-0.2, -0.15) is 0 Å². The van der Waals surface area contributed by atoms with E-state index in [4.69, 9.17) is 14.5 Å². The van der Waals surface area contributed by atoms with E-state index in [9.17, 15) is 19.5 Å². The van der Waals surface area contributed by atoms with Crippen LogP contribution in [-0.4, -0.2) is 70.8 Å². The fourth-order valence-electron chi connectivity index (χ4n) is 4.77. The van der Waals surface area contributed by atoms with E-state index < -0.39 is 18.2 Å². The number of ether oxygens (including phenoxy) is 2. The van der Waals surface area contributed by atoms with Gasteiger partial charge in [0.15, 0.2) is 6.10 Å². The summed E-state index contributed by atoms with van der Waals surface area (Å²) >= 11 is 0. The number of rotatable bonds is 5. The number of fused-ring (bicyclic) bond motifs is 5. The van der Waals surface area contributed by atoms with Crippen molar-refractivity contribution in [3.05, 3.63) is 56.9 Å². The summed E-state index contributed by atoms with van der Waals surface area (Å²) < 4.78 is 12.2. The van der Waals surface area contributed by atoms with Gasteiger partial charge in [-0.05, 0) is 50.3 Å². The molecule has 4 heterocycles. The van der Waals surface area contributed by atoms with Gasteiger partial charge < -0.3 is 28.9 Å². The summed E-state index contributed by atoms with van der Waals surface area (Å²) in [6.45, 7) is 7.45. The molecule has 5 rings (SSSR count). The standard InChI is InChI=1S/C26H28N4O6.C2H6/c1-5-15-16-10-14(36-26(34)29(4)9-8-28(2)3)6-7-20(16)27-22-18(15)12-30-21(22)11-17-19(24(30)32)13-35-25(33)23(17)31;1-2/h6-7,10-11,23,31H,5,8-9,12-13H2,1-4H3;1-2H3. The normalized spacial score (nSPS) is 15.3. The Hall–Kier alpha value is -3.76. The largest absolute Gasteiger partial charge is 0.458 e. The molecule has 1 amide bonds. The van der Waals surface area contributed by atoms with Crippen molar-refractivity contribution in [1.82, 2.24) is 19.4 Å². The SMILES string of the molecule is CC.CCc1c2c(nc3ccc(OC(=O)N(C)CCN(C)C)cc13)-c1cc3c(c(=O)n1C2)COC(=O)C3O. The van der Waals surface area contributed by atoms with Gasteiger partial charge in [-0.3, -0.25) is 4.79 Å². The Kier molecular flexibility index (Phi) is 7.84. The number of hydrogen-bond acceptors (Lipinski definition) is 8. The third kappa shape index (κ3) is 4.77. The van der Waals surface area contributed by atoms with Crippen molar-refractivity contribution in [2.24, 2.45) is 0 Å². The highest BCUT2D eigenvalue weighted by Crippen LogP contribution is 2.38. The van der Waals surface area contributed by atoms with E-state index in [1.54, 1.807) is 29.8 Å². The first-order valence-corrected chi connectivity index (χ1v) is 12.8. The number of cyclic esters (lactones) is 1. The number of amides is 1. The second kappa shape index (κ2) is 10.9. The van der Waals surface area contributed by atoms with Gasteiger partial charge in [0, 0.05) is 36.7 Å². The molecule has 2 aliphatic heterocycles. The van der Waals surface area contributed by atoms with Crippen molar-refractivity contribution in [2.45, 2.75) is 46.4 Å². The molecule has 1 atom stereocenters. The minimum atomic E-state index is -1.49. The van der Waals surface area contributed by atoms with Crippen LogP contribution in [0.2, 0.25) is 0 Å². The van der Waals surface area contributed by atoms with E-state index in [2.05, 4.69) is 0 Å². The number of aromatic nitrogens is 2. The van der Waals surface area contributed by atoms with Gasteiger partial charge >= 0.3 is 12.1 Å². The van der Waals surface area contributed by atoms with Crippen molar-refractivity contribution in [3.8, 4) is 17.1 Å². The number of aliphatic hydroxyl groups excluding tert-OH is 1. The third-order valence-corrected chi connectivity index (χ3v) is 6.80. The number of hydrogen-bond donors (Lipinski definition) is 1. The van der Waals surface area contributed by atoms with Crippen LogP contribution in [0.15, 0.2) is 29.1 Å². The van der Waals surface area contributed by atoms with E-state index in [-0.39, 0.29) is 23.3 Å². The highest BCUT2D eigenvalue weighted by molar-refractivity contribution is 5.90. The van der Waals surface area contributed by atoms with Gasteiger partial charge in [-0.1, -0.05) is 20.8 Å². The lowest BCUT2D eigenvalue weighted by Gasteiger charge is -2.21. The van der Waals surface area contributed by atoms with Crippen molar-refractivity contribution in [2.75, 3.05) is 34.2 Å². The summed E-state index contributed by atoms with van der Waals surface area (Å²) in [5.74, 6) is -0.345. The van der Waals surface area contributed by atoms with E-state index in [1.807, 2.05) is 45.8 Å². The lowest BCUT2D eigenvalue weighted by Crippen LogP contribution is -2.35. The molecule has 1 aromatic carbocycles. The summed E-state index contributed by atoms with van der Waals surface area (Å²) in [4.78, 5) is 46.0. The lowest BCUT2D eigenvalue weighted by atomic mass is 9.97. The molecule has 1 N–H and O–H groups in total. The minimum absolute atomic E-state index is 0.158. The molecule has 1 unspecified atom stereocenters. The molecule has 2 aromatic heterocycles. The van der Waals surface area contributed by atoms with E-state index in [0.29, 0.717) is 42.2 Å². The minimum Gasteiger partial charge on any atom is -0.458 e. The molecule has 0 aliphatic carbocycles. The van der Waals surface area contributed by atoms with E-state index in [0.717, 1.165) is 23.1 Å². The van der Waals surface area contributed by atoms with Gasteiger partial charge in [0.2, 0.25) is 0 Å². The molecule has 38 heavy (non-hydrogen) atoms. The maximum absolute atomic E-state index is 13.2. The van der Waals surface area contributed by atoms with Crippen LogP contribution >= 0.6 is 0 Å². The van der Waals surface area contributed by atoms with Gasteiger partial charge in [0.05, 0.1) is 29.0 Å². The fourth-order valence-corrected chi connectivity index (χ4v) is 4.77. The Balaban J connectivity index is 0.00000164. The zero-order valence-electron chi connectivity index (χ0n) is 22.7. The molecule has 10 nitrogen and oxygen atoms in total. The van der Waals surface area contributed by atoms with Crippen LogP contribution in [0.1, 0.15) is 49.1 Å². The van der Waals surface area contributed by atoms with Crippen LogP contribution in [0.4, 0.5) is 4.79 Å². The number of esters is 1. The molecule has 0 saturated heterocycles. The Morgan fingerprint density at radius 3 is 2.58 bits per heavy atom. The van der Waals surface area contributed by atoms with Crippen molar-refractivity contribution >= 4 is 23.0 Å². The summed E-state index contributed by atoms with van der Waals surface area (Å²) in [6, 6.07) is 6.98. The first kappa shape index (κ1) is 27.3. The number of aliphatic hydroxyl groups is 1. The third-order valence-electron chi connectivity index (χ3n) is 6.80. The molecule has 3 aromatic rings. The number of carbonyl (C=O) groups is 2. The van der Waals surface area contributed by atoms with Crippen LogP contribution in [0.25, 0.3) is 22.3 Å². The summed E-state index contributed by atoms with van der Waals surface area (Å²) in [7, 11) is 5.58. The first-order valence-electron chi connectivity index (χ1n) is 12.8. The maximum Gasteiger partial charge on any atom is 0.415 e. The molecule has 0 radical (unpaired) electrons. The van der Waals surface area contributed by atoms with Gasteiger partial charge in [0.1, 0.15) is 12.4 Å². The first-order chi connectivity index (χ1) is 18.2. The number of pyridine rings is 2. The molecular weight excluding hydrogens is 488 g/mol. The number of likely N-dealkylation sites (N-methyl/N-ethyl adjacent to an activating group) is 2. The van der Waals surface area contributed by atoms with Crippen LogP contribution in [0.5, 0.6) is 5.75 Å². The molecule has 0 saturated carbocycles. The van der Waals surface area contributed by atoms with Gasteiger partial charge in [0.25, 0.3) is 5.56 Å². The van der Waals surface area contributed by atoms with Crippen molar-refractivity contribution in [3.63, 3.8) is 0 Å². The van der Waals surface area contributed by atoms with E-state index >= 15 is 0 Å². The Morgan fingerprint density at radius 2 is 1.89 bits per heavy atom. The fraction of sp³-hybridized carbons (Fsp3) is 0.429. The molecule has 2 aliphatic rings. The molecule has 202 valence electrons. The molecule has 0 spiro atoms. The number of nitrogens with zero attached hydrogens (tertiary/aromatic N) is 4. The second-order valence-electron chi connectivity index (χ2n) is 9.41. The summed E-state index contributed by atoms with van der Waals surface area (Å²) in [6.07, 6.45) is -1.26. The number of benzene rings is 1. The quantitative estimate of drug-likeness (QED) is 0.398. The lowest BCUT2D eigenvalue weighted by molar-refractivity contribution is -0.157. The van der Waals surface area contributed by atoms with Crippen molar-refractivity contribution < 1.29 is 24.2 Å². The average Bonchev–Trinajstić information content (AvgIpc) is 3.28. The predicted molar refractivity (Wildman–Crippen MR) is 143 cm³/mol. The number of aryl methyl sites for hydroxylation is 1. The Morgan fingerprint density at radius 1 is 1.16 bits per heavy atom. The van der Waals surface area contributed by atoms with Gasteiger partial charge in [-0.15, -0.1) is 0 Å². The second-order valence-corrected chi connectivity index (χ2v) is 9.41. The molecule has 0 bridgehead atoms. The van der Waals surface area contributed by atoms with Crippen molar-refractivity contribution in [1.29, 1.82) is 0 Å². The monoisotopic (exact) mass is 522 g/mol. The molecule has 10 heteroatoms. The zero-order valence-corrected chi connectivity index (χ0v) is 22.7. The number of carbonyl (C=O) groups excluding carboxylic acids is 2. The Labute approximate surface area is 221 Å². The smallest absolute Gasteiger partial charge is 0.415 e. The van der Waals surface area contributed by atoms with Crippen LogP contribution in [0, 0.1) is 0 Å². The zero-order chi connectivity index (χ0) is 27.7. The predicted octanol–water partition coefficient (Wildman–Crippen LogP) is 3.10. The highest BCUT2D eigenvalue weighted by atomic mass is 16.6.